The summed E-state index contributed by atoms with van der Waals surface area (Å²) in [4.78, 5) is 2.55. The monoisotopic (exact) mass is 500 g/mol. The summed E-state index contributed by atoms with van der Waals surface area (Å²) in [7, 11) is 0. The highest BCUT2D eigenvalue weighted by atomic mass is 16.6. The number of hydrogen-bond donors (Lipinski definition) is 1. The molecule has 37 heavy (non-hydrogen) atoms. The summed E-state index contributed by atoms with van der Waals surface area (Å²) in [6.45, 7) is 6.69. The normalized spacial score (nSPS) is 24.6. The first-order valence-electron chi connectivity index (χ1n) is 13.7. The molecule has 2 fully saturated rings. The third-order valence-corrected chi connectivity index (χ3v) is 7.42. The van der Waals surface area contributed by atoms with E-state index in [0.29, 0.717) is 25.7 Å². The molecule has 196 valence electrons. The lowest BCUT2D eigenvalue weighted by Crippen LogP contribution is -2.59. The average molecular weight is 501 g/mol. The minimum absolute atomic E-state index is 0.0741. The van der Waals surface area contributed by atoms with Crippen LogP contribution in [0.15, 0.2) is 91.0 Å². The molecule has 5 rings (SSSR count). The lowest BCUT2D eigenvalue weighted by Gasteiger charge is -2.44. The lowest BCUT2D eigenvalue weighted by atomic mass is 9.95. The molecule has 0 saturated carbocycles. The summed E-state index contributed by atoms with van der Waals surface area (Å²) in [6.07, 6.45) is 2.24. The highest BCUT2D eigenvalue weighted by molar-refractivity contribution is 5.15. The van der Waals surface area contributed by atoms with Crippen LogP contribution >= 0.6 is 0 Å². The third-order valence-electron chi connectivity index (χ3n) is 7.42. The van der Waals surface area contributed by atoms with Crippen LogP contribution in [-0.2, 0) is 34.0 Å². The molecule has 0 spiro atoms. The van der Waals surface area contributed by atoms with Gasteiger partial charge < -0.3 is 19.5 Å². The van der Waals surface area contributed by atoms with Gasteiger partial charge >= 0.3 is 0 Å². The van der Waals surface area contributed by atoms with Crippen molar-refractivity contribution in [3.8, 4) is 0 Å². The van der Waals surface area contributed by atoms with Gasteiger partial charge in [0.15, 0.2) is 0 Å². The van der Waals surface area contributed by atoms with Crippen LogP contribution in [0, 0.1) is 5.92 Å². The summed E-state index contributed by atoms with van der Waals surface area (Å²) < 4.78 is 19.8. The van der Waals surface area contributed by atoms with Gasteiger partial charge in [0.1, 0.15) is 6.10 Å². The van der Waals surface area contributed by atoms with Crippen molar-refractivity contribution in [2.24, 2.45) is 5.92 Å². The Hall–Kier alpha value is -2.54. The first-order valence-corrected chi connectivity index (χ1v) is 13.7. The van der Waals surface area contributed by atoms with Crippen molar-refractivity contribution < 1.29 is 14.2 Å². The van der Waals surface area contributed by atoms with Gasteiger partial charge in [-0.3, -0.25) is 4.90 Å². The average Bonchev–Trinajstić information content (AvgIpc) is 2.96. The Kier molecular flexibility index (Phi) is 9.76. The van der Waals surface area contributed by atoms with Crippen LogP contribution in [0.5, 0.6) is 0 Å². The van der Waals surface area contributed by atoms with Gasteiger partial charge in [-0.1, -0.05) is 91.0 Å². The van der Waals surface area contributed by atoms with Crippen LogP contribution < -0.4 is 5.32 Å². The molecule has 0 amide bonds. The standard InChI is InChI=1S/C32H40N2O3/c1-4-11-26(12-5-1)23-35-30-21-34(20-29-17-10-18-33-19-29)22-31(36-24-27-13-6-2-7-14-27)32(30)37-25-28-15-8-3-9-16-28/h1-9,11-16,29-33H,10,17-25H2/t29-,30-,31+,32?/m0/s1. The van der Waals surface area contributed by atoms with Crippen molar-refractivity contribution in [1.29, 1.82) is 0 Å². The number of piperidine rings is 2. The summed E-state index contributed by atoms with van der Waals surface area (Å²) in [5.74, 6) is 0.667. The fraction of sp³-hybridized carbons (Fsp3) is 0.438. The molecular weight excluding hydrogens is 460 g/mol. The molecule has 3 aromatic rings. The maximum atomic E-state index is 6.62. The van der Waals surface area contributed by atoms with Crippen molar-refractivity contribution >= 4 is 0 Å². The van der Waals surface area contributed by atoms with E-state index in [1.807, 2.05) is 18.2 Å². The second-order valence-corrected chi connectivity index (χ2v) is 10.4. The van der Waals surface area contributed by atoms with Crippen molar-refractivity contribution in [3.63, 3.8) is 0 Å². The van der Waals surface area contributed by atoms with Crippen LogP contribution in [0.25, 0.3) is 0 Å². The number of ether oxygens (including phenoxy) is 3. The van der Waals surface area contributed by atoms with Gasteiger partial charge in [-0.05, 0) is 48.5 Å². The molecule has 0 aliphatic carbocycles. The van der Waals surface area contributed by atoms with E-state index in [-0.39, 0.29) is 18.3 Å². The summed E-state index contributed by atoms with van der Waals surface area (Å²) in [5, 5.41) is 3.57. The SMILES string of the molecule is c1ccc(COC2[C@@H](OCc3ccccc3)CN(C[C@H]3CCCNC3)C[C@H]2OCc2ccccc2)cc1. The van der Waals surface area contributed by atoms with E-state index in [4.69, 9.17) is 14.2 Å². The van der Waals surface area contributed by atoms with Gasteiger partial charge in [0.2, 0.25) is 0 Å². The van der Waals surface area contributed by atoms with Crippen LogP contribution in [-0.4, -0.2) is 55.9 Å². The minimum Gasteiger partial charge on any atom is -0.369 e. The van der Waals surface area contributed by atoms with Gasteiger partial charge in [0.05, 0.1) is 32.0 Å². The highest BCUT2D eigenvalue weighted by Crippen LogP contribution is 2.26. The quantitative estimate of drug-likeness (QED) is 0.399. The van der Waals surface area contributed by atoms with Crippen molar-refractivity contribution in [2.45, 2.75) is 51.0 Å². The minimum atomic E-state index is -0.145. The van der Waals surface area contributed by atoms with E-state index < -0.39 is 0 Å². The molecule has 4 atom stereocenters. The Bertz CT molecular complexity index is 974. The maximum Gasteiger partial charge on any atom is 0.113 e. The zero-order valence-electron chi connectivity index (χ0n) is 21.7. The second-order valence-electron chi connectivity index (χ2n) is 10.4. The topological polar surface area (TPSA) is 43.0 Å². The molecule has 2 aliphatic heterocycles. The van der Waals surface area contributed by atoms with Crippen molar-refractivity contribution in [2.75, 3.05) is 32.7 Å². The van der Waals surface area contributed by atoms with Gasteiger partial charge in [-0.25, -0.2) is 0 Å². The molecule has 2 aliphatic rings. The summed E-state index contributed by atoms with van der Waals surface area (Å²) in [6, 6.07) is 31.2. The molecular formula is C32H40N2O3. The van der Waals surface area contributed by atoms with E-state index in [2.05, 4.69) is 83.0 Å². The molecule has 1 unspecified atom stereocenters. The van der Waals surface area contributed by atoms with E-state index in [1.165, 1.54) is 29.5 Å². The van der Waals surface area contributed by atoms with Crippen LogP contribution in [0.2, 0.25) is 0 Å². The summed E-state index contributed by atoms with van der Waals surface area (Å²) in [5.41, 5.74) is 3.53. The Morgan fingerprint density at radius 1 is 0.649 bits per heavy atom. The maximum absolute atomic E-state index is 6.62. The van der Waals surface area contributed by atoms with Crippen molar-refractivity contribution in [1.82, 2.24) is 10.2 Å². The zero-order chi connectivity index (χ0) is 25.1. The Morgan fingerprint density at radius 2 is 1.14 bits per heavy atom. The number of nitrogens with zero attached hydrogens (tertiary/aromatic N) is 1. The Balaban J connectivity index is 1.33. The number of likely N-dealkylation sites (tertiary alicyclic amines) is 1. The van der Waals surface area contributed by atoms with Crippen LogP contribution in [0.1, 0.15) is 29.5 Å². The van der Waals surface area contributed by atoms with Gasteiger partial charge in [0, 0.05) is 19.6 Å². The molecule has 5 heteroatoms. The molecule has 3 aromatic carbocycles. The fourth-order valence-electron chi connectivity index (χ4n) is 5.46. The molecule has 2 heterocycles. The molecule has 0 aromatic heterocycles. The van der Waals surface area contributed by atoms with Gasteiger partial charge in [0.25, 0.3) is 0 Å². The lowest BCUT2D eigenvalue weighted by molar-refractivity contribution is -0.185. The first kappa shape index (κ1) is 26.1. The molecule has 0 radical (unpaired) electrons. The van der Waals surface area contributed by atoms with Crippen LogP contribution in [0.4, 0.5) is 0 Å². The first-order chi connectivity index (χ1) is 18.3. The predicted octanol–water partition coefficient (Wildman–Crippen LogP) is 5.06. The van der Waals surface area contributed by atoms with E-state index in [1.54, 1.807) is 0 Å². The predicted molar refractivity (Wildman–Crippen MR) is 147 cm³/mol. The smallest absolute Gasteiger partial charge is 0.113 e. The van der Waals surface area contributed by atoms with E-state index in [9.17, 15) is 0 Å². The largest absolute Gasteiger partial charge is 0.369 e. The molecule has 0 bridgehead atoms. The third kappa shape index (κ3) is 7.97. The Morgan fingerprint density at radius 3 is 1.59 bits per heavy atom. The number of hydrogen-bond acceptors (Lipinski definition) is 5. The second kappa shape index (κ2) is 13.8. The number of rotatable bonds is 11. The van der Waals surface area contributed by atoms with Crippen molar-refractivity contribution in [3.05, 3.63) is 108 Å². The zero-order valence-corrected chi connectivity index (χ0v) is 21.7. The number of benzene rings is 3. The van der Waals surface area contributed by atoms with E-state index >= 15 is 0 Å². The van der Waals surface area contributed by atoms with Crippen LogP contribution in [0.3, 0.4) is 0 Å². The molecule has 2 saturated heterocycles. The number of nitrogens with one attached hydrogen (secondary N) is 1. The molecule has 5 nitrogen and oxygen atoms in total. The Labute approximate surface area is 221 Å². The van der Waals surface area contributed by atoms with Gasteiger partial charge in [-0.2, -0.15) is 0 Å². The fourth-order valence-corrected chi connectivity index (χ4v) is 5.46. The summed E-state index contributed by atoms with van der Waals surface area (Å²) >= 11 is 0. The molecule has 1 N–H and O–H groups in total. The highest BCUT2D eigenvalue weighted by Gasteiger charge is 2.40. The van der Waals surface area contributed by atoms with E-state index in [0.717, 1.165) is 32.7 Å². The van der Waals surface area contributed by atoms with Gasteiger partial charge in [-0.15, -0.1) is 0 Å².